The zero-order valence-electron chi connectivity index (χ0n) is 12.2. The van der Waals surface area contributed by atoms with E-state index in [-0.39, 0.29) is 19.0 Å². The molecule has 4 nitrogen and oxygen atoms in total. The first-order valence-electron chi connectivity index (χ1n) is 6.85. The minimum atomic E-state index is -0.761. The van der Waals surface area contributed by atoms with Crippen LogP contribution in [-0.2, 0) is 0 Å². The number of hydrogen-bond donors (Lipinski definition) is 1. The molecule has 0 saturated heterocycles. The van der Waals surface area contributed by atoms with Crippen LogP contribution in [0.4, 0.5) is 0 Å². The van der Waals surface area contributed by atoms with Crippen molar-refractivity contribution < 1.29 is 19.4 Å². The van der Waals surface area contributed by atoms with E-state index in [1.54, 1.807) is 48.5 Å². The Morgan fingerprint density at radius 2 is 1.45 bits per heavy atom. The van der Waals surface area contributed by atoms with Crippen molar-refractivity contribution in [3.05, 3.63) is 59.1 Å². The lowest BCUT2D eigenvalue weighted by molar-refractivity contribution is 0.0626. The maximum Gasteiger partial charge on any atom is 0.159 e. The van der Waals surface area contributed by atoms with E-state index in [2.05, 4.69) is 0 Å². The summed E-state index contributed by atoms with van der Waals surface area (Å²) in [5, 5.41) is 10.5. The quantitative estimate of drug-likeness (QED) is 0.795. The number of rotatable bonds is 7. The van der Waals surface area contributed by atoms with Crippen LogP contribution >= 0.6 is 11.6 Å². The Kier molecular flexibility index (Phi) is 5.81. The molecule has 0 heterocycles. The topological polar surface area (TPSA) is 55.8 Å². The fourth-order valence-corrected chi connectivity index (χ4v) is 1.88. The van der Waals surface area contributed by atoms with Gasteiger partial charge < -0.3 is 14.6 Å². The largest absolute Gasteiger partial charge is 0.491 e. The second-order valence-electron chi connectivity index (χ2n) is 4.81. The first-order chi connectivity index (χ1) is 10.5. The Bertz CT molecular complexity index is 608. The standard InChI is InChI=1S/C17H17ClO4/c1-12(19)13-2-6-16(7-3-13)21-10-15(20)11-22-17-8-4-14(18)5-9-17/h2-9,15,20H,10-11H2,1H3. The molecule has 116 valence electrons. The lowest BCUT2D eigenvalue weighted by Crippen LogP contribution is -2.25. The molecule has 0 radical (unpaired) electrons. The van der Waals surface area contributed by atoms with Gasteiger partial charge >= 0.3 is 0 Å². The summed E-state index contributed by atoms with van der Waals surface area (Å²) < 4.78 is 10.9. The van der Waals surface area contributed by atoms with Crippen molar-refractivity contribution in [1.82, 2.24) is 0 Å². The number of aliphatic hydroxyl groups excluding tert-OH is 1. The third-order valence-corrected chi connectivity index (χ3v) is 3.21. The van der Waals surface area contributed by atoms with Gasteiger partial charge in [-0.15, -0.1) is 0 Å². The third kappa shape index (κ3) is 5.06. The summed E-state index contributed by atoms with van der Waals surface area (Å²) in [7, 11) is 0. The Hall–Kier alpha value is -2.04. The molecule has 1 N–H and O–H groups in total. The van der Waals surface area contributed by atoms with Gasteiger partial charge in [-0.3, -0.25) is 4.79 Å². The monoisotopic (exact) mass is 320 g/mol. The highest BCUT2D eigenvalue weighted by Crippen LogP contribution is 2.16. The zero-order chi connectivity index (χ0) is 15.9. The normalized spacial score (nSPS) is 11.8. The van der Waals surface area contributed by atoms with Crippen LogP contribution in [-0.4, -0.2) is 30.2 Å². The van der Waals surface area contributed by atoms with E-state index in [4.69, 9.17) is 21.1 Å². The van der Waals surface area contributed by atoms with Gasteiger partial charge in [-0.1, -0.05) is 11.6 Å². The van der Waals surface area contributed by atoms with Crippen LogP contribution in [0.1, 0.15) is 17.3 Å². The minimum Gasteiger partial charge on any atom is -0.491 e. The molecule has 0 saturated carbocycles. The van der Waals surface area contributed by atoms with Gasteiger partial charge in [0.25, 0.3) is 0 Å². The fourth-order valence-electron chi connectivity index (χ4n) is 1.75. The molecule has 2 aromatic rings. The Morgan fingerprint density at radius 1 is 1.00 bits per heavy atom. The zero-order valence-corrected chi connectivity index (χ0v) is 12.9. The summed E-state index contributed by atoms with van der Waals surface area (Å²) in [4.78, 5) is 11.2. The third-order valence-electron chi connectivity index (χ3n) is 2.96. The molecule has 0 bridgehead atoms. The molecule has 22 heavy (non-hydrogen) atoms. The smallest absolute Gasteiger partial charge is 0.159 e. The van der Waals surface area contributed by atoms with E-state index in [1.807, 2.05) is 0 Å². The summed E-state index contributed by atoms with van der Waals surface area (Å²) >= 11 is 5.78. The van der Waals surface area contributed by atoms with Crippen molar-refractivity contribution in [2.75, 3.05) is 13.2 Å². The van der Waals surface area contributed by atoms with E-state index in [9.17, 15) is 9.90 Å². The van der Waals surface area contributed by atoms with Gasteiger partial charge in [0.05, 0.1) is 0 Å². The predicted molar refractivity (Wildman–Crippen MR) is 84.9 cm³/mol. The SMILES string of the molecule is CC(=O)c1ccc(OCC(O)COc2ccc(Cl)cc2)cc1. The molecule has 2 rings (SSSR count). The second-order valence-corrected chi connectivity index (χ2v) is 5.25. The van der Waals surface area contributed by atoms with Crippen LogP contribution < -0.4 is 9.47 Å². The van der Waals surface area contributed by atoms with Crippen LogP contribution in [0.15, 0.2) is 48.5 Å². The number of hydrogen-bond acceptors (Lipinski definition) is 4. The first-order valence-corrected chi connectivity index (χ1v) is 7.22. The van der Waals surface area contributed by atoms with Crippen molar-refractivity contribution in [3.63, 3.8) is 0 Å². The van der Waals surface area contributed by atoms with Crippen LogP contribution in [0.2, 0.25) is 5.02 Å². The van der Waals surface area contributed by atoms with E-state index >= 15 is 0 Å². The minimum absolute atomic E-state index is 0.00273. The van der Waals surface area contributed by atoms with Crippen molar-refractivity contribution in [1.29, 1.82) is 0 Å². The van der Waals surface area contributed by atoms with E-state index in [0.29, 0.717) is 22.1 Å². The van der Waals surface area contributed by atoms with Crippen LogP contribution in [0.25, 0.3) is 0 Å². The Morgan fingerprint density at radius 3 is 1.91 bits per heavy atom. The highest BCUT2D eigenvalue weighted by molar-refractivity contribution is 6.30. The van der Waals surface area contributed by atoms with E-state index in [0.717, 1.165) is 0 Å². The molecule has 0 fully saturated rings. The van der Waals surface area contributed by atoms with Gasteiger partial charge in [0.15, 0.2) is 5.78 Å². The second kappa shape index (κ2) is 7.82. The molecule has 0 aliphatic heterocycles. The number of carbonyl (C=O) groups excluding carboxylic acids is 1. The average molecular weight is 321 g/mol. The number of carbonyl (C=O) groups is 1. The van der Waals surface area contributed by atoms with E-state index < -0.39 is 6.10 Å². The molecule has 0 aromatic heterocycles. The molecule has 0 aliphatic rings. The van der Waals surface area contributed by atoms with Crippen molar-refractivity contribution in [2.24, 2.45) is 0 Å². The van der Waals surface area contributed by atoms with E-state index in [1.165, 1.54) is 6.92 Å². The number of benzene rings is 2. The van der Waals surface area contributed by atoms with Gasteiger partial charge in [-0.05, 0) is 55.5 Å². The molecule has 5 heteroatoms. The van der Waals surface area contributed by atoms with Gasteiger partial charge in [-0.25, -0.2) is 0 Å². The summed E-state index contributed by atoms with van der Waals surface area (Å²) in [6.45, 7) is 1.73. The summed E-state index contributed by atoms with van der Waals surface area (Å²) in [5.74, 6) is 1.23. The molecule has 1 atom stereocenters. The lowest BCUT2D eigenvalue weighted by atomic mass is 10.1. The molecular formula is C17H17ClO4. The maximum atomic E-state index is 11.2. The predicted octanol–water partition coefficient (Wildman–Crippen LogP) is 3.36. The lowest BCUT2D eigenvalue weighted by Gasteiger charge is -2.13. The first kappa shape index (κ1) is 16.3. The van der Waals surface area contributed by atoms with Gasteiger partial charge in [0.2, 0.25) is 0 Å². The number of Topliss-reactive ketones (excluding diaryl/α,β-unsaturated/α-hetero) is 1. The average Bonchev–Trinajstić information content (AvgIpc) is 2.52. The van der Waals surface area contributed by atoms with Gasteiger partial charge in [0.1, 0.15) is 30.8 Å². The number of ether oxygens (including phenoxy) is 2. The van der Waals surface area contributed by atoms with Crippen molar-refractivity contribution in [3.8, 4) is 11.5 Å². The maximum absolute atomic E-state index is 11.2. The van der Waals surface area contributed by atoms with Gasteiger partial charge in [-0.2, -0.15) is 0 Å². The molecule has 1 unspecified atom stereocenters. The molecule has 0 aliphatic carbocycles. The number of aliphatic hydroxyl groups is 1. The van der Waals surface area contributed by atoms with Gasteiger partial charge in [0, 0.05) is 10.6 Å². The number of ketones is 1. The molecule has 0 amide bonds. The summed E-state index contributed by atoms with van der Waals surface area (Å²) in [6, 6.07) is 13.7. The van der Waals surface area contributed by atoms with Crippen LogP contribution in [0, 0.1) is 0 Å². The Balaban J connectivity index is 1.76. The summed E-state index contributed by atoms with van der Waals surface area (Å²) in [6.07, 6.45) is -0.761. The number of halogens is 1. The van der Waals surface area contributed by atoms with Crippen molar-refractivity contribution in [2.45, 2.75) is 13.0 Å². The fraction of sp³-hybridized carbons (Fsp3) is 0.235. The van der Waals surface area contributed by atoms with Crippen molar-refractivity contribution >= 4 is 17.4 Å². The molecule has 0 spiro atoms. The van der Waals surface area contributed by atoms with Crippen LogP contribution in [0.5, 0.6) is 11.5 Å². The summed E-state index contributed by atoms with van der Waals surface area (Å²) in [5.41, 5.74) is 0.624. The van der Waals surface area contributed by atoms with Crippen LogP contribution in [0.3, 0.4) is 0 Å². The molecular weight excluding hydrogens is 304 g/mol. The highest BCUT2D eigenvalue weighted by Gasteiger charge is 2.07. The molecule has 2 aromatic carbocycles. The highest BCUT2D eigenvalue weighted by atomic mass is 35.5. The Labute approximate surface area is 134 Å².